The van der Waals surface area contributed by atoms with E-state index in [-0.39, 0.29) is 44.0 Å². The van der Waals surface area contributed by atoms with Gasteiger partial charge < -0.3 is 31.4 Å². The van der Waals surface area contributed by atoms with Gasteiger partial charge in [0.15, 0.2) is 0 Å². The van der Waals surface area contributed by atoms with Gasteiger partial charge in [-0.15, -0.1) is 0 Å². The minimum Gasteiger partial charge on any atom is -0.480 e. The number of carboxylic acids is 1. The van der Waals surface area contributed by atoms with Crippen LogP contribution in [0.25, 0.3) is 0 Å². The van der Waals surface area contributed by atoms with Crippen LogP contribution in [0.4, 0.5) is 0 Å². The van der Waals surface area contributed by atoms with Crippen LogP contribution in [0.3, 0.4) is 0 Å². The highest BCUT2D eigenvalue weighted by atomic mass is 32.2. The zero-order valence-electron chi connectivity index (χ0n) is 15.0. The number of rotatable bonds is 9. The molecular formula is C14H27BN4O7S. The highest BCUT2D eigenvalue weighted by Crippen LogP contribution is 2.38. The second kappa shape index (κ2) is 7.56. The monoisotopic (exact) mass is 406 g/mol. The van der Waals surface area contributed by atoms with Gasteiger partial charge in [0, 0.05) is 31.1 Å². The molecule has 13 heteroatoms. The predicted octanol–water partition coefficient (Wildman–Crippen LogP) is -3.00. The molecule has 4 atom stereocenters. The minimum absolute atomic E-state index is 0.0291. The fourth-order valence-electron chi connectivity index (χ4n) is 3.83. The number of nitrogens with two attached hydrogens (primary N) is 2. The summed E-state index contributed by atoms with van der Waals surface area (Å²) in [6.45, 7) is 0.226. The van der Waals surface area contributed by atoms with E-state index in [1.165, 1.54) is 4.31 Å². The van der Waals surface area contributed by atoms with Gasteiger partial charge >= 0.3 is 13.1 Å². The van der Waals surface area contributed by atoms with Crippen LogP contribution in [-0.4, -0.2) is 95.2 Å². The summed E-state index contributed by atoms with van der Waals surface area (Å²) in [5.41, 5.74) is 10.2. The topological polar surface area (TPSA) is 180 Å². The molecule has 0 radical (unpaired) electrons. The fourth-order valence-corrected chi connectivity index (χ4v) is 5.93. The summed E-state index contributed by atoms with van der Waals surface area (Å²) in [5.74, 6) is -1.90. The van der Waals surface area contributed by atoms with Crippen molar-refractivity contribution >= 4 is 23.3 Å². The maximum atomic E-state index is 13.2. The van der Waals surface area contributed by atoms with E-state index < -0.39 is 34.8 Å². The summed E-state index contributed by atoms with van der Waals surface area (Å²) in [5, 5.41) is 27.6. The van der Waals surface area contributed by atoms with Crippen molar-refractivity contribution in [2.45, 2.75) is 49.2 Å². The third-order valence-corrected chi connectivity index (χ3v) is 7.74. The molecule has 3 aliphatic rings. The largest absolute Gasteiger partial charge is 0.480 e. The van der Waals surface area contributed by atoms with Crippen LogP contribution in [0.15, 0.2) is 0 Å². The molecule has 27 heavy (non-hydrogen) atoms. The summed E-state index contributed by atoms with van der Waals surface area (Å²) in [4.78, 5) is 11.8. The molecule has 7 N–H and O–H groups in total. The first-order chi connectivity index (χ1) is 12.6. The third kappa shape index (κ3) is 4.01. The first-order valence-corrected chi connectivity index (χ1v) is 10.5. The van der Waals surface area contributed by atoms with E-state index in [9.17, 15) is 18.3 Å². The molecule has 0 aromatic rings. The van der Waals surface area contributed by atoms with Gasteiger partial charge in [0.2, 0.25) is 0 Å². The fraction of sp³-hybridized carbons (Fsp3) is 0.929. The van der Waals surface area contributed by atoms with Crippen molar-refractivity contribution < 1.29 is 33.1 Å². The number of ether oxygens (including phenoxy) is 1. The lowest BCUT2D eigenvalue weighted by atomic mass is 9.78. The Balaban J connectivity index is 1.77. The van der Waals surface area contributed by atoms with E-state index in [0.717, 1.165) is 4.31 Å². The molecule has 0 spiro atoms. The smallest absolute Gasteiger partial charge is 0.451 e. The second-order valence-electron chi connectivity index (χ2n) is 7.74. The zero-order valence-corrected chi connectivity index (χ0v) is 15.8. The van der Waals surface area contributed by atoms with Gasteiger partial charge in [-0.1, -0.05) is 6.42 Å². The molecule has 1 saturated carbocycles. The number of aliphatic carboxylic acids is 1. The van der Waals surface area contributed by atoms with Gasteiger partial charge in [0.05, 0.1) is 19.3 Å². The van der Waals surface area contributed by atoms with Gasteiger partial charge in [0.1, 0.15) is 5.54 Å². The van der Waals surface area contributed by atoms with Crippen LogP contribution < -0.4 is 11.5 Å². The Morgan fingerprint density at radius 2 is 2.00 bits per heavy atom. The molecule has 1 aliphatic carbocycles. The normalized spacial score (nSPS) is 34.6. The van der Waals surface area contributed by atoms with Crippen molar-refractivity contribution in [2.24, 2.45) is 17.4 Å². The van der Waals surface area contributed by atoms with E-state index in [2.05, 4.69) is 0 Å². The van der Waals surface area contributed by atoms with E-state index in [1.807, 2.05) is 0 Å². The van der Waals surface area contributed by atoms with Gasteiger partial charge in [-0.3, -0.25) is 4.79 Å². The molecule has 2 unspecified atom stereocenters. The summed E-state index contributed by atoms with van der Waals surface area (Å²) in [6.07, 6.45) is 1.24. The van der Waals surface area contributed by atoms with Gasteiger partial charge in [0.25, 0.3) is 10.2 Å². The molecule has 2 heterocycles. The average Bonchev–Trinajstić information content (AvgIpc) is 3.12. The van der Waals surface area contributed by atoms with Crippen molar-refractivity contribution in [1.82, 2.24) is 8.61 Å². The number of carbonyl (C=O) groups is 1. The minimum atomic E-state index is -3.94. The maximum Gasteiger partial charge on any atom is 0.451 e. The van der Waals surface area contributed by atoms with Crippen LogP contribution in [0.2, 0.25) is 6.32 Å². The number of hydrogen-bond donors (Lipinski definition) is 5. The lowest BCUT2D eigenvalue weighted by Crippen LogP contribution is -2.59. The summed E-state index contributed by atoms with van der Waals surface area (Å²) in [7, 11) is -5.44. The van der Waals surface area contributed by atoms with Gasteiger partial charge in [-0.2, -0.15) is 17.0 Å². The summed E-state index contributed by atoms with van der Waals surface area (Å²) in [6, 6.07) is -0.828. The Kier molecular flexibility index (Phi) is 5.86. The number of nitrogens with zero attached hydrogens (tertiary/aromatic N) is 2. The summed E-state index contributed by atoms with van der Waals surface area (Å²) >= 11 is 0. The molecule has 2 saturated heterocycles. The Morgan fingerprint density at radius 1 is 1.37 bits per heavy atom. The molecule has 154 valence electrons. The highest BCUT2D eigenvalue weighted by Gasteiger charge is 2.57. The second-order valence-corrected chi connectivity index (χ2v) is 9.58. The van der Waals surface area contributed by atoms with Crippen molar-refractivity contribution in [2.75, 3.05) is 26.3 Å². The first-order valence-electron chi connectivity index (χ1n) is 9.07. The Hall–Kier alpha value is -0.795. The van der Waals surface area contributed by atoms with Crippen molar-refractivity contribution in [1.29, 1.82) is 0 Å². The predicted molar refractivity (Wildman–Crippen MR) is 95.6 cm³/mol. The summed E-state index contributed by atoms with van der Waals surface area (Å²) < 4.78 is 34.1. The van der Waals surface area contributed by atoms with E-state index in [0.29, 0.717) is 26.1 Å². The van der Waals surface area contributed by atoms with Crippen LogP contribution >= 0.6 is 0 Å². The van der Waals surface area contributed by atoms with Crippen LogP contribution in [0, 0.1) is 5.92 Å². The molecule has 0 bridgehead atoms. The molecule has 0 amide bonds. The number of hydrogen-bond acceptors (Lipinski definition) is 8. The zero-order chi connectivity index (χ0) is 20.0. The molecule has 0 aromatic heterocycles. The lowest BCUT2D eigenvalue weighted by Gasteiger charge is -2.38. The van der Waals surface area contributed by atoms with Crippen LogP contribution in [-0.2, 0) is 19.7 Å². The van der Waals surface area contributed by atoms with E-state index in [1.54, 1.807) is 0 Å². The van der Waals surface area contributed by atoms with Gasteiger partial charge in [-0.05, 0) is 19.2 Å². The molecule has 0 aromatic carbocycles. The van der Waals surface area contributed by atoms with Crippen LogP contribution in [0.5, 0.6) is 0 Å². The van der Waals surface area contributed by atoms with Crippen LogP contribution in [0.1, 0.15) is 19.3 Å². The van der Waals surface area contributed by atoms with Gasteiger partial charge in [-0.25, -0.2) is 0 Å². The quantitative estimate of drug-likeness (QED) is 0.249. The maximum absolute atomic E-state index is 13.2. The van der Waals surface area contributed by atoms with Crippen molar-refractivity contribution in [3.05, 3.63) is 0 Å². The first kappa shape index (κ1) is 20.9. The average molecular weight is 406 g/mol. The molecule has 2 aliphatic heterocycles. The van der Waals surface area contributed by atoms with Crippen molar-refractivity contribution in [3.63, 3.8) is 0 Å². The van der Waals surface area contributed by atoms with E-state index >= 15 is 0 Å². The molecule has 11 nitrogen and oxygen atoms in total. The lowest BCUT2D eigenvalue weighted by molar-refractivity contribution is -0.144. The van der Waals surface area contributed by atoms with Crippen molar-refractivity contribution in [3.8, 4) is 0 Å². The standard InChI is InChI=1S/C14H27BN4O7S/c16-11-4-12(11)19(10-6-26-7-10)27(24,25)18-5-9(2-1-3-15(22)23)14(17,8-18)13(20)21/h9-12,22-23H,1-8,16-17H2,(H,20,21)/t9-,11?,12?,14-/m0/s1. The highest BCUT2D eigenvalue weighted by molar-refractivity contribution is 7.86. The Morgan fingerprint density at radius 3 is 2.44 bits per heavy atom. The third-order valence-electron chi connectivity index (χ3n) is 5.71. The Labute approximate surface area is 158 Å². The molecule has 3 rings (SSSR count). The van der Waals surface area contributed by atoms with E-state index in [4.69, 9.17) is 26.3 Å². The Bertz CT molecular complexity index is 672. The SMILES string of the molecule is NC1CC1N(C1COC1)S(=O)(=O)N1C[C@H](CCCB(O)O)[C@](N)(C(=O)O)C1. The molecular weight excluding hydrogens is 379 g/mol. The number of carboxylic acid groups (broad SMARTS) is 1. The molecule has 3 fully saturated rings.